The third-order valence-corrected chi connectivity index (χ3v) is 8.01. The molecule has 0 aromatic rings. The van der Waals surface area contributed by atoms with Crippen molar-refractivity contribution in [2.75, 3.05) is 18.1 Å². The Morgan fingerprint density at radius 3 is 1.26 bits per heavy atom. The van der Waals surface area contributed by atoms with Gasteiger partial charge in [0, 0.05) is 0 Å². The molecule has 0 heterocycles. The van der Waals surface area contributed by atoms with E-state index in [0.717, 1.165) is 12.8 Å². The number of phosphoric ester groups is 1. The van der Waals surface area contributed by atoms with Crippen LogP contribution in [0.4, 0.5) is 0 Å². The molecule has 0 radical (unpaired) electrons. The van der Waals surface area contributed by atoms with Gasteiger partial charge < -0.3 is 9.79 Å². The second-order valence-electron chi connectivity index (χ2n) is 8.84. The van der Waals surface area contributed by atoms with Crippen LogP contribution in [0.3, 0.4) is 0 Å². The summed E-state index contributed by atoms with van der Waals surface area (Å²) in [4.78, 5) is 17.1. The summed E-state index contributed by atoms with van der Waals surface area (Å²) in [6.45, 7) is 2.03. The standard InChI is InChI=1S/C23H49O6PS/c1-2-3-4-5-6-7-8-9-10-11-12-13-14-15-16-17-18-19-22-31(27,28)23-20-21-29-30(24,25)26/h2-23H2,1H3,(H2,24,25,26). The first-order valence-corrected chi connectivity index (χ1v) is 16.0. The molecule has 0 amide bonds. The molecule has 31 heavy (non-hydrogen) atoms. The lowest BCUT2D eigenvalue weighted by Crippen LogP contribution is -2.12. The van der Waals surface area contributed by atoms with Crippen LogP contribution in [0.5, 0.6) is 0 Å². The van der Waals surface area contributed by atoms with Crippen LogP contribution in [0.1, 0.15) is 129 Å². The first-order valence-electron chi connectivity index (χ1n) is 12.7. The fourth-order valence-electron chi connectivity index (χ4n) is 3.79. The maximum atomic E-state index is 11.9. The number of unbranched alkanes of at least 4 members (excludes halogenated alkanes) is 17. The topological polar surface area (TPSA) is 101 Å². The molecule has 0 aliphatic rings. The van der Waals surface area contributed by atoms with Crippen molar-refractivity contribution in [2.24, 2.45) is 0 Å². The highest BCUT2D eigenvalue weighted by Gasteiger charge is 2.15. The molecular weight excluding hydrogens is 435 g/mol. The molecule has 0 aliphatic heterocycles. The first-order chi connectivity index (χ1) is 14.8. The van der Waals surface area contributed by atoms with Crippen LogP contribution in [0, 0.1) is 0 Å². The van der Waals surface area contributed by atoms with E-state index < -0.39 is 17.7 Å². The second-order valence-corrected chi connectivity index (χ2v) is 12.4. The molecule has 8 heteroatoms. The Hall–Kier alpha value is 0.0600. The quantitative estimate of drug-likeness (QED) is 0.114. The predicted octanol–water partition coefficient (Wildman–Crippen LogP) is 6.94. The Balaban J connectivity index is 3.29. The van der Waals surface area contributed by atoms with Crippen LogP contribution in [0.25, 0.3) is 0 Å². The van der Waals surface area contributed by atoms with Gasteiger partial charge in [-0.3, -0.25) is 4.52 Å². The van der Waals surface area contributed by atoms with Crippen molar-refractivity contribution in [1.29, 1.82) is 0 Å². The zero-order valence-electron chi connectivity index (χ0n) is 19.9. The summed E-state index contributed by atoms with van der Waals surface area (Å²) in [7, 11) is -7.65. The third kappa shape index (κ3) is 26.2. The number of rotatable bonds is 24. The highest BCUT2D eigenvalue weighted by Crippen LogP contribution is 2.35. The van der Waals surface area contributed by atoms with Crippen molar-refractivity contribution in [3.63, 3.8) is 0 Å². The lowest BCUT2D eigenvalue weighted by Gasteiger charge is -2.06. The Labute approximate surface area is 192 Å². The third-order valence-electron chi connectivity index (χ3n) is 5.67. The van der Waals surface area contributed by atoms with E-state index in [1.807, 2.05) is 0 Å². The molecule has 0 aromatic carbocycles. The summed E-state index contributed by atoms with van der Waals surface area (Å²) < 4.78 is 38.6. The minimum atomic E-state index is -4.50. The maximum Gasteiger partial charge on any atom is 0.469 e. The fourth-order valence-corrected chi connectivity index (χ4v) is 5.56. The Kier molecular flexibility index (Phi) is 20.7. The normalized spacial score (nSPS) is 12.5. The van der Waals surface area contributed by atoms with E-state index >= 15 is 0 Å². The SMILES string of the molecule is CCCCCCCCCCCCCCCCCCCCS(=O)(=O)CCCOP(=O)(O)O. The molecule has 0 saturated heterocycles. The number of hydrogen-bond donors (Lipinski definition) is 2. The van der Waals surface area contributed by atoms with Gasteiger partial charge in [-0.25, -0.2) is 13.0 Å². The van der Waals surface area contributed by atoms with E-state index in [0.29, 0.717) is 6.42 Å². The lowest BCUT2D eigenvalue weighted by atomic mass is 10.0. The number of sulfone groups is 1. The van der Waals surface area contributed by atoms with Gasteiger partial charge in [-0.05, 0) is 12.8 Å². The zero-order chi connectivity index (χ0) is 23.3. The molecule has 188 valence electrons. The van der Waals surface area contributed by atoms with Gasteiger partial charge in [0.05, 0.1) is 18.1 Å². The van der Waals surface area contributed by atoms with Crippen LogP contribution < -0.4 is 0 Å². The van der Waals surface area contributed by atoms with Gasteiger partial charge >= 0.3 is 7.82 Å². The lowest BCUT2D eigenvalue weighted by molar-refractivity contribution is 0.197. The smallest absolute Gasteiger partial charge is 0.303 e. The summed E-state index contributed by atoms with van der Waals surface area (Å²) >= 11 is 0. The molecule has 6 nitrogen and oxygen atoms in total. The first kappa shape index (κ1) is 31.1. The summed E-state index contributed by atoms with van der Waals surface area (Å²) in [6, 6.07) is 0. The fraction of sp³-hybridized carbons (Fsp3) is 1.00. The van der Waals surface area contributed by atoms with Gasteiger partial charge in [0.15, 0.2) is 0 Å². The summed E-state index contributed by atoms with van der Waals surface area (Å²) in [5.74, 6) is 0.0770. The summed E-state index contributed by atoms with van der Waals surface area (Å²) in [6.07, 6.45) is 23.1. The van der Waals surface area contributed by atoms with Crippen LogP contribution in [-0.4, -0.2) is 36.3 Å². The van der Waals surface area contributed by atoms with Crippen molar-refractivity contribution in [3.05, 3.63) is 0 Å². The average Bonchev–Trinajstić information content (AvgIpc) is 2.69. The minimum absolute atomic E-state index is 0.0774. The van der Waals surface area contributed by atoms with Gasteiger partial charge in [0.1, 0.15) is 9.84 Å². The Bertz CT molecular complexity index is 532. The number of hydrogen-bond acceptors (Lipinski definition) is 4. The molecule has 0 saturated carbocycles. The monoisotopic (exact) mass is 484 g/mol. The Morgan fingerprint density at radius 1 is 0.581 bits per heavy atom. The minimum Gasteiger partial charge on any atom is -0.303 e. The van der Waals surface area contributed by atoms with Crippen LogP contribution in [-0.2, 0) is 18.9 Å². The van der Waals surface area contributed by atoms with Gasteiger partial charge in [-0.1, -0.05) is 116 Å². The van der Waals surface area contributed by atoms with E-state index in [9.17, 15) is 13.0 Å². The molecule has 0 bridgehead atoms. The number of phosphoric acid groups is 1. The van der Waals surface area contributed by atoms with E-state index in [2.05, 4.69) is 11.4 Å². The second kappa shape index (κ2) is 20.7. The molecule has 0 rings (SSSR count). The predicted molar refractivity (Wildman–Crippen MR) is 130 cm³/mol. The van der Waals surface area contributed by atoms with Crippen molar-refractivity contribution < 1.29 is 27.3 Å². The van der Waals surface area contributed by atoms with Crippen LogP contribution in [0.15, 0.2) is 0 Å². The van der Waals surface area contributed by atoms with Gasteiger partial charge in [-0.15, -0.1) is 0 Å². The van der Waals surface area contributed by atoms with E-state index in [1.165, 1.54) is 96.3 Å². The van der Waals surface area contributed by atoms with E-state index in [4.69, 9.17) is 9.79 Å². The molecule has 0 unspecified atom stereocenters. The maximum absolute atomic E-state index is 11.9. The molecule has 0 atom stereocenters. The average molecular weight is 485 g/mol. The summed E-state index contributed by atoms with van der Waals surface area (Å²) in [5.41, 5.74) is 0. The molecule has 0 fully saturated rings. The van der Waals surface area contributed by atoms with Crippen LogP contribution in [0.2, 0.25) is 0 Å². The van der Waals surface area contributed by atoms with Crippen LogP contribution >= 0.6 is 7.82 Å². The zero-order valence-corrected chi connectivity index (χ0v) is 21.7. The Morgan fingerprint density at radius 2 is 0.903 bits per heavy atom. The van der Waals surface area contributed by atoms with Gasteiger partial charge in [0.2, 0.25) is 0 Å². The van der Waals surface area contributed by atoms with Gasteiger partial charge in [0.25, 0.3) is 0 Å². The van der Waals surface area contributed by atoms with E-state index in [1.54, 1.807) is 0 Å². The van der Waals surface area contributed by atoms with Crippen molar-refractivity contribution in [1.82, 2.24) is 0 Å². The van der Waals surface area contributed by atoms with Gasteiger partial charge in [-0.2, -0.15) is 0 Å². The molecule has 0 aromatic heterocycles. The summed E-state index contributed by atoms with van der Waals surface area (Å²) in [5, 5.41) is 0. The van der Waals surface area contributed by atoms with Crippen molar-refractivity contribution >= 4 is 17.7 Å². The van der Waals surface area contributed by atoms with Crippen molar-refractivity contribution in [3.8, 4) is 0 Å². The van der Waals surface area contributed by atoms with Crippen molar-refractivity contribution in [2.45, 2.75) is 129 Å². The van der Waals surface area contributed by atoms with E-state index in [-0.39, 0.29) is 24.5 Å². The molecule has 0 spiro atoms. The molecule has 2 N–H and O–H groups in total. The largest absolute Gasteiger partial charge is 0.469 e. The molecule has 0 aliphatic carbocycles. The molecular formula is C23H49O6PS. The highest BCUT2D eigenvalue weighted by molar-refractivity contribution is 7.91. The highest BCUT2D eigenvalue weighted by atomic mass is 32.2.